The predicted molar refractivity (Wildman–Crippen MR) is 66.6 cm³/mol. The van der Waals surface area contributed by atoms with E-state index in [1.807, 2.05) is 6.92 Å². The third kappa shape index (κ3) is 5.04. The van der Waals surface area contributed by atoms with Gasteiger partial charge in [-0.15, -0.1) is 0 Å². The van der Waals surface area contributed by atoms with Gasteiger partial charge in [-0.1, -0.05) is 13.8 Å². The molecule has 3 unspecified atom stereocenters. The number of hydrogen-bond donors (Lipinski definition) is 2. The highest BCUT2D eigenvalue weighted by Crippen LogP contribution is 2.20. The molecule has 0 bridgehead atoms. The fourth-order valence-electron chi connectivity index (χ4n) is 2.37. The largest absolute Gasteiger partial charge is 0.388 e. The van der Waals surface area contributed by atoms with Gasteiger partial charge < -0.3 is 15.2 Å². The molecule has 0 aliphatic carbocycles. The van der Waals surface area contributed by atoms with Crippen molar-refractivity contribution in [1.82, 2.24) is 5.32 Å². The SMILES string of the molecule is CC(C)CC(C)(O)CNC(=O)C1COC(C)C1. The van der Waals surface area contributed by atoms with E-state index in [1.165, 1.54) is 0 Å². The van der Waals surface area contributed by atoms with Crippen molar-refractivity contribution < 1.29 is 14.6 Å². The maximum Gasteiger partial charge on any atom is 0.225 e. The van der Waals surface area contributed by atoms with Gasteiger partial charge in [0.25, 0.3) is 0 Å². The fraction of sp³-hybridized carbons (Fsp3) is 0.923. The molecule has 0 radical (unpaired) electrons. The summed E-state index contributed by atoms with van der Waals surface area (Å²) in [7, 11) is 0. The lowest BCUT2D eigenvalue weighted by atomic mass is 9.94. The third-order valence-corrected chi connectivity index (χ3v) is 3.06. The molecule has 1 heterocycles. The molecule has 3 atom stereocenters. The van der Waals surface area contributed by atoms with Crippen LogP contribution >= 0.6 is 0 Å². The number of ether oxygens (including phenoxy) is 1. The first-order chi connectivity index (χ1) is 7.80. The van der Waals surface area contributed by atoms with E-state index in [9.17, 15) is 9.90 Å². The highest BCUT2D eigenvalue weighted by Gasteiger charge is 2.30. The van der Waals surface area contributed by atoms with E-state index < -0.39 is 5.60 Å². The van der Waals surface area contributed by atoms with Crippen molar-refractivity contribution >= 4 is 5.91 Å². The molecule has 4 nitrogen and oxygen atoms in total. The Morgan fingerprint density at radius 2 is 2.24 bits per heavy atom. The van der Waals surface area contributed by atoms with Crippen LogP contribution in [0, 0.1) is 11.8 Å². The quantitative estimate of drug-likeness (QED) is 0.765. The van der Waals surface area contributed by atoms with Crippen LogP contribution in [0.15, 0.2) is 0 Å². The van der Waals surface area contributed by atoms with Crippen LogP contribution in [0.4, 0.5) is 0 Å². The number of hydrogen-bond acceptors (Lipinski definition) is 3. The predicted octanol–water partition coefficient (Wildman–Crippen LogP) is 1.32. The Morgan fingerprint density at radius 3 is 2.71 bits per heavy atom. The van der Waals surface area contributed by atoms with Crippen molar-refractivity contribution in [2.24, 2.45) is 11.8 Å². The van der Waals surface area contributed by atoms with Crippen LogP contribution in [0.25, 0.3) is 0 Å². The van der Waals surface area contributed by atoms with Gasteiger partial charge in [-0.3, -0.25) is 4.79 Å². The zero-order chi connectivity index (χ0) is 13.1. The molecule has 0 aromatic carbocycles. The van der Waals surface area contributed by atoms with Crippen molar-refractivity contribution in [3.63, 3.8) is 0 Å². The summed E-state index contributed by atoms with van der Waals surface area (Å²) in [6.07, 6.45) is 1.63. The molecule has 100 valence electrons. The lowest BCUT2D eigenvalue weighted by molar-refractivity contribution is -0.126. The third-order valence-electron chi connectivity index (χ3n) is 3.06. The molecule has 2 N–H and O–H groups in total. The van der Waals surface area contributed by atoms with Crippen molar-refractivity contribution in [2.45, 2.75) is 52.2 Å². The van der Waals surface area contributed by atoms with Crippen LogP contribution in [0.1, 0.15) is 40.5 Å². The first kappa shape index (κ1) is 14.5. The lowest BCUT2D eigenvalue weighted by Gasteiger charge is -2.26. The van der Waals surface area contributed by atoms with Gasteiger partial charge in [0.2, 0.25) is 5.91 Å². The van der Waals surface area contributed by atoms with Crippen LogP contribution in [0.5, 0.6) is 0 Å². The van der Waals surface area contributed by atoms with Crippen molar-refractivity contribution in [3.05, 3.63) is 0 Å². The summed E-state index contributed by atoms with van der Waals surface area (Å²) in [5, 5.41) is 12.9. The topological polar surface area (TPSA) is 58.6 Å². The Bertz CT molecular complexity index is 263. The first-order valence-corrected chi connectivity index (χ1v) is 6.42. The van der Waals surface area contributed by atoms with Crippen LogP contribution in [-0.2, 0) is 9.53 Å². The number of amides is 1. The molecule has 1 rings (SSSR count). The highest BCUT2D eigenvalue weighted by atomic mass is 16.5. The number of carbonyl (C=O) groups is 1. The number of aliphatic hydroxyl groups is 1. The number of rotatable bonds is 5. The Morgan fingerprint density at radius 1 is 1.59 bits per heavy atom. The smallest absolute Gasteiger partial charge is 0.225 e. The fourth-order valence-corrected chi connectivity index (χ4v) is 2.37. The molecule has 4 heteroatoms. The van der Waals surface area contributed by atoms with Gasteiger partial charge in [0.15, 0.2) is 0 Å². The number of carbonyl (C=O) groups excluding carboxylic acids is 1. The van der Waals surface area contributed by atoms with E-state index in [0.717, 1.165) is 6.42 Å². The normalized spacial score (nSPS) is 28.1. The minimum absolute atomic E-state index is 0.00150. The van der Waals surface area contributed by atoms with Crippen LogP contribution < -0.4 is 5.32 Å². The van der Waals surface area contributed by atoms with E-state index in [0.29, 0.717) is 25.5 Å². The lowest BCUT2D eigenvalue weighted by Crippen LogP contribution is -2.43. The summed E-state index contributed by atoms with van der Waals surface area (Å²) in [6.45, 7) is 8.67. The molecule has 1 saturated heterocycles. The summed E-state index contributed by atoms with van der Waals surface area (Å²) >= 11 is 0. The molecule has 1 amide bonds. The number of nitrogens with one attached hydrogen (secondary N) is 1. The molecular weight excluding hydrogens is 218 g/mol. The molecule has 1 fully saturated rings. The summed E-state index contributed by atoms with van der Waals surface area (Å²) in [4.78, 5) is 11.8. The minimum Gasteiger partial charge on any atom is -0.388 e. The van der Waals surface area contributed by atoms with Gasteiger partial charge >= 0.3 is 0 Å². The molecule has 17 heavy (non-hydrogen) atoms. The van der Waals surface area contributed by atoms with E-state index in [4.69, 9.17) is 4.74 Å². The Balaban J connectivity index is 2.32. The Labute approximate surface area is 104 Å². The summed E-state index contributed by atoms with van der Waals surface area (Å²) in [5.74, 6) is 0.356. The second kappa shape index (κ2) is 5.83. The maximum atomic E-state index is 11.8. The van der Waals surface area contributed by atoms with E-state index in [-0.39, 0.29) is 17.9 Å². The first-order valence-electron chi connectivity index (χ1n) is 6.42. The molecule has 1 aliphatic heterocycles. The van der Waals surface area contributed by atoms with Gasteiger partial charge in [-0.05, 0) is 32.6 Å². The molecule has 0 aromatic rings. The van der Waals surface area contributed by atoms with E-state index in [2.05, 4.69) is 19.2 Å². The standard InChI is InChI=1S/C13H25NO3/c1-9(2)6-13(4,16)8-14-12(15)11-5-10(3)17-7-11/h9-11,16H,5-8H2,1-4H3,(H,14,15). The molecule has 0 spiro atoms. The molecular formula is C13H25NO3. The second-order valence-electron chi connectivity index (χ2n) is 5.89. The molecule has 1 aliphatic rings. The monoisotopic (exact) mass is 243 g/mol. The average Bonchev–Trinajstić information content (AvgIpc) is 2.59. The Kier molecular flexibility index (Phi) is 4.95. The van der Waals surface area contributed by atoms with Gasteiger partial charge in [0.1, 0.15) is 0 Å². The highest BCUT2D eigenvalue weighted by molar-refractivity contribution is 5.79. The Hall–Kier alpha value is -0.610. The molecule has 0 saturated carbocycles. The summed E-state index contributed by atoms with van der Waals surface area (Å²) < 4.78 is 5.36. The van der Waals surface area contributed by atoms with Crippen LogP contribution in [0.3, 0.4) is 0 Å². The second-order valence-corrected chi connectivity index (χ2v) is 5.89. The van der Waals surface area contributed by atoms with Gasteiger partial charge in [0, 0.05) is 6.54 Å². The van der Waals surface area contributed by atoms with Crippen LogP contribution in [-0.4, -0.2) is 35.9 Å². The van der Waals surface area contributed by atoms with Crippen molar-refractivity contribution in [2.75, 3.05) is 13.2 Å². The van der Waals surface area contributed by atoms with E-state index in [1.54, 1.807) is 6.92 Å². The average molecular weight is 243 g/mol. The summed E-state index contributed by atoms with van der Waals surface area (Å²) in [5.41, 5.74) is -0.824. The minimum atomic E-state index is -0.824. The van der Waals surface area contributed by atoms with E-state index >= 15 is 0 Å². The van der Waals surface area contributed by atoms with Gasteiger partial charge in [-0.2, -0.15) is 0 Å². The zero-order valence-corrected chi connectivity index (χ0v) is 11.3. The summed E-state index contributed by atoms with van der Waals surface area (Å²) in [6, 6.07) is 0. The van der Waals surface area contributed by atoms with Crippen LogP contribution in [0.2, 0.25) is 0 Å². The van der Waals surface area contributed by atoms with Gasteiger partial charge in [0.05, 0.1) is 24.2 Å². The molecule has 0 aromatic heterocycles. The van der Waals surface area contributed by atoms with Crippen molar-refractivity contribution in [1.29, 1.82) is 0 Å². The van der Waals surface area contributed by atoms with Crippen molar-refractivity contribution in [3.8, 4) is 0 Å². The zero-order valence-electron chi connectivity index (χ0n) is 11.3. The van der Waals surface area contributed by atoms with Gasteiger partial charge in [-0.25, -0.2) is 0 Å². The maximum absolute atomic E-state index is 11.8.